The minimum atomic E-state index is -0.469. The smallest absolute Gasteiger partial charge is 0.410 e. The topological polar surface area (TPSA) is 38.3 Å². The Morgan fingerprint density at radius 3 is 2.76 bits per heavy atom. The van der Waals surface area contributed by atoms with Crippen molar-refractivity contribution >= 4 is 11.8 Å². The number of carbonyl (C=O) groups excluding carboxylic acids is 1. The van der Waals surface area contributed by atoms with Crippen LogP contribution < -0.4 is 14.5 Å². The van der Waals surface area contributed by atoms with Gasteiger partial charge in [-0.15, -0.1) is 6.58 Å². The molecule has 4 nitrogen and oxygen atoms in total. The van der Waals surface area contributed by atoms with Gasteiger partial charge >= 0.3 is 6.09 Å². The van der Waals surface area contributed by atoms with Gasteiger partial charge in [-0.3, -0.25) is 4.48 Å². The highest BCUT2D eigenvalue weighted by Gasteiger charge is 2.13. The predicted octanol–water partition coefficient (Wildman–Crippen LogP) is 2.16. The summed E-state index contributed by atoms with van der Waals surface area (Å²) in [5.74, 6) is 0.539. The summed E-state index contributed by atoms with van der Waals surface area (Å²) in [7, 11) is 6.16. The number of nitrogens with one attached hydrogen (secondary N) is 1. The summed E-state index contributed by atoms with van der Waals surface area (Å²) in [5.41, 5.74) is 1.07. The van der Waals surface area contributed by atoms with Crippen LogP contribution in [0.2, 0.25) is 0 Å². The molecule has 4 heteroatoms. The first-order chi connectivity index (χ1) is 7.93. The lowest BCUT2D eigenvalue weighted by molar-refractivity contribution is 0.201. The van der Waals surface area contributed by atoms with Gasteiger partial charge in [0, 0.05) is 12.6 Å². The van der Waals surface area contributed by atoms with Crippen molar-refractivity contribution in [1.82, 2.24) is 9.80 Å². The first kappa shape index (κ1) is 13.3. The summed E-state index contributed by atoms with van der Waals surface area (Å²) in [4.78, 5) is 11.3. The van der Waals surface area contributed by atoms with Crippen LogP contribution in [0, 0.1) is 0 Å². The van der Waals surface area contributed by atoms with E-state index < -0.39 is 6.09 Å². The number of quaternary nitrogens is 1. The quantitative estimate of drug-likeness (QED) is 0.641. The molecule has 0 radical (unpaired) electrons. The first-order valence-electron chi connectivity index (χ1n) is 5.42. The molecule has 1 amide bonds. The van der Waals surface area contributed by atoms with Crippen LogP contribution in [0.25, 0.3) is 0 Å². The number of hydrogen-bond donors (Lipinski definition) is 1. The second-order valence-electron chi connectivity index (χ2n) is 4.57. The second kappa shape index (κ2) is 5.50. The molecular weight excluding hydrogens is 216 g/mol. The maximum Gasteiger partial charge on any atom is 0.412 e. The highest BCUT2D eigenvalue weighted by molar-refractivity contribution is 5.70. The molecule has 1 N–H and O–H groups in total. The van der Waals surface area contributed by atoms with Crippen LogP contribution in [0.4, 0.5) is 10.5 Å². The summed E-state index contributed by atoms with van der Waals surface area (Å²) in [6, 6.07) is 7.48. The van der Waals surface area contributed by atoms with E-state index in [9.17, 15) is 4.79 Å². The number of nitrogens with zero attached hydrogens (tertiary/aromatic N) is 1. The summed E-state index contributed by atoms with van der Waals surface area (Å²) in [5, 5.41) is 2.55. The third-order valence-corrected chi connectivity index (χ3v) is 2.19. The molecular formula is C13H19N2O2+. The molecule has 0 atom stereocenters. The lowest BCUT2D eigenvalue weighted by Crippen LogP contribution is -2.34. The van der Waals surface area contributed by atoms with E-state index >= 15 is 0 Å². The summed E-state index contributed by atoms with van der Waals surface area (Å²) < 4.78 is 5.82. The fourth-order valence-electron chi connectivity index (χ4n) is 1.26. The highest BCUT2D eigenvalue weighted by atomic mass is 16.6. The van der Waals surface area contributed by atoms with Crippen molar-refractivity contribution in [2.24, 2.45) is 0 Å². The Kier molecular flexibility index (Phi) is 4.29. The monoisotopic (exact) mass is 235 g/mol. The standard InChI is InChI=1S/C13H18N2O2/c1-5-9-14-13(16)17-12-8-6-7-11(10-12)15(2,3)4/h5-8,10H,1,9H2,2-4H3/p+1. The lowest BCUT2D eigenvalue weighted by atomic mass is 10.2. The highest BCUT2D eigenvalue weighted by Crippen LogP contribution is 2.22. The molecule has 0 aliphatic rings. The van der Waals surface area contributed by atoms with Crippen molar-refractivity contribution in [2.45, 2.75) is 0 Å². The molecule has 1 rings (SSSR count). The number of benzene rings is 1. The fourth-order valence-corrected chi connectivity index (χ4v) is 1.26. The van der Waals surface area contributed by atoms with E-state index in [1.165, 1.54) is 0 Å². The van der Waals surface area contributed by atoms with Gasteiger partial charge in [0.05, 0.1) is 21.1 Å². The van der Waals surface area contributed by atoms with E-state index in [-0.39, 0.29) is 0 Å². The van der Waals surface area contributed by atoms with Crippen molar-refractivity contribution in [1.29, 1.82) is 0 Å². The average Bonchev–Trinajstić information content (AvgIpc) is 2.25. The van der Waals surface area contributed by atoms with Gasteiger partial charge in [0.25, 0.3) is 0 Å². The molecule has 0 spiro atoms. The van der Waals surface area contributed by atoms with Gasteiger partial charge in [0.15, 0.2) is 0 Å². The van der Waals surface area contributed by atoms with Crippen LogP contribution in [0.15, 0.2) is 36.9 Å². The molecule has 0 heterocycles. The first-order valence-corrected chi connectivity index (χ1v) is 5.42. The zero-order chi connectivity index (χ0) is 12.9. The maximum absolute atomic E-state index is 11.3. The third-order valence-electron chi connectivity index (χ3n) is 2.19. The Balaban J connectivity index is 2.72. The van der Waals surface area contributed by atoms with Gasteiger partial charge < -0.3 is 10.1 Å². The van der Waals surface area contributed by atoms with Crippen LogP contribution in [0.5, 0.6) is 5.75 Å². The van der Waals surface area contributed by atoms with E-state index in [4.69, 9.17) is 4.74 Å². The molecule has 17 heavy (non-hydrogen) atoms. The Morgan fingerprint density at radius 1 is 1.47 bits per heavy atom. The molecule has 0 fully saturated rings. The number of rotatable bonds is 4. The minimum Gasteiger partial charge on any atom is -0.410 e. The Labute approximate surface area is 102 Å². The molecule has 0 bridgehead atoms. The number of carbonyl (C=O) groups is 1. The van der Waals surface area contributed by atoms with Crippen LogP contribution in [-0.4, -0.2) is 33.8 Å². The summed E-state index contributed by atoms with van der Waals surface area (Å²) in [6.45, 7) is 3.91. The molecule has 0 saturated heterocycles. The van der Waals surface area contributed by atoms with Crippen molar-refractivity contribution in [3.05, 3.63) is 36.9 Å². The van der Waals surface area contributed by atoms with Gasteiger partial charge in [-0.05, 0) is 12.1 Å². The van der Waals surface area contributed by atoms with Crippen molar-refractivity contribution in [3.63, 3.8) is 0 Å². The molecule has 0 aliphatic carbocycles. The minimum absolute atomic E-state index is 0.397. The van der Waals surface area contributed by atoms with Crippen LogP contribution >= 0.6 is 0 Å². The van der Waals surface area contributed by atoms with Gasteiger partial charge in [-0.2, -0.15) is 0 Å². The van der Waals surface area contributed by atoms with E-state index in [0.29, 0.717) is 16.8 Å². The molecule has 0 unspecified atom stereocenters. The van der Waals surface area contributed by atoms with Crippen molar-refractivity contribution in [2.75, 3.05) is 27.7 Å². The number of ether oxygens (including phenoxy) is 1. The SMILES string of the molecule is C=CCNC(=O)Oc1cccc([N+](C)(C)C)c1. The van der Waals surface area contributed by atoms with Crippen LogP contribution in [-0.2, 0) is 0 Å². The average molecular weight is 235 g/mol. The molecule has 0 aliphatic heterocycles. The van der Waals surface area contributed by atoms with Gasteiger partial charge in [0.2, 0.25) is 0 Å². The Bertz CT molecular complexity index is 408. The van der Waals surface area contributed by atoms with Crippen LogP contribution in [0.3, 0.4) is 0 Å². The van der Waals surface area contributed by atoms with E-state index in [2.05, 4.69) is 33.0 Å². The summed E-state index contributed by atoms with van der Waals surface area (Å²) >= 11 is 0. The Hall–Kier alpha value is -1.81. The van der Waals surface area contributed by atoms with E-state index in [1.54, 1.807) is 12.1 Å². The second-order valence-corrected chi connectivity index (χ2v) is 4.57. The molecule has 92 valence electrons. The molecule has 1 aromatic carbocycles. The van der Waals surface area contributed by atoms with Crippen molar-refractivity contribution < 1.29 is 9.53 Å². The molecule has 0 saturated carbocycles. The third kappa shape index (κ3) is 4.28. The van der Waals surface area contributed by atoms with Gasteiger partial charge in [0.1, 0.15) is 11.4 Å². The number of hydrogen-bond acceptors (Lipinski definition) is 2. The van der Waals surface area contributed by atoms with Gasteiger partial charge in [-0.25, -0.2) is 4.79 Å². The van der Waals surface area contributed by atoms with Crippen LogP contribution in [0.1, 0.15) is 0 Å². The molecule has 1 aromatic rings. The normalized spacial score (nSPS) is 10.8. The lowest BCUT2D eigenvalue weighted by Gasteiger charge is -2.23. The van der Waals surface area contributed by atoms with Gasteiger partial charge in [-0.1, -0.05) is 12.1 Å². The predicted molar refractivity (Wildman–Crippen MR) is 70.2 cm³/mol. The fraction of sp³-hybridized carbons (Fsp3) is 0.308. The maximum atomic E-state index is 11.3. The van der Waals surface area contributed by atoms with E-state index in [1.807, 2.05) is 18.2 Å². The number of amides is 1. The zero-order valence-electron chi connectivity index (χ0n) is 10.6. The summed E-state index contributed by atoms with van der Waals surface area (Å²) in [6.07, 6.45) is 1.13. The zero-order valence-corrected chi connectivity index (χ0v) is 10.6. The Morgan fingerprint density at radius 2 is 2.18 bits per heavy atom. The molecule has 0 aromatic heterocycles. The van der Waals surface area contributed by atoms with Crippen molar-refractivity contribution in [3.8, 4) is 5.75 Å². The van der Waals surface area contributed by atoms with E-state index in [0.717, 1.165) is 5.69 Å². The largest absolute Gasteiger partial charge is 0.412 e.